The summed E-state index contributed by atoms with van der Waals surface area (Å²) >= 11 is 0. The summed E-state index contributed by atoms with van der Waals surface area (Å²) in [4.78, 5) is 24.3. The van der Waals surface area contributed by atoms with E-state index in [1.807, 2.05) is 31.2 Å². The van der Waals surface area contributed by atoms with Gasteiger partial charge in [0, 0.05) is 7.05 Å². The van der Waals surface area contributed by atoms with Crippen LogP contribution in [0, 0.1) is 13.8 Å². The van der Waals surface area contributed by atoms with Crippen molar-refractivity contribution in [3.05, 3.63) is 41.2 Å². The second kappa shape index (κ2) is 8.46. The number of aromatic nitrogens is 2. The molecule has 0 saturated heterocycles. The standard InChI is InChI=1S/C21H29N3O4/c1-13-19(14(2)24(7)23-13)22-20(26)15(3)28-18(25)12-27-17-10-8-16(9-11-17)21(4,5)6/h8-11,15H,12H2,1-7H3,(H,22,26)/t15-/m1/s1. The molecular weight excluding hydrogens is 358 g/mol. The maximum atomic E-state index is 12.3. The molecule has 28 heavy (non-hydrogen) atoms. The van der Waals surface area contributed by atoms with Crippen molar-refractivity contribution in [3.8, 4) is 5.75 Å². The minimum Gasteiger partial charge on any atom is -0.482 e. The van der Waals surface area contributed by atoms with Gasteiger partial charge in [-0.15, -0.1) is 0 Å². The van der Waals surface area contributed by atoms with Gasteiger partial charge in [-0.25, -0.2) is 4.79 Å². The average molecular weight is 387 g/mol. The molecule has 0 fully saturated rings. The predicted molar refractivity (Wildman–Crippen MR) is 108 cm³/mol. The van der Waals surface area contributed by atoms with Crippen molar-refractivity contribution < 1.29 is 19.1 Å². The maximum absolute atomic E-state index is 12.3. The van der Waals surface area contributed by atoms with E-state index in [0.717, 1.165) is 5.69 Å². The van der Waals surface area contributed by atoms with Gasteiger partial charge in [-0.2, -0.15) is 5.10 Å². The van der Waals surface area contributed by atoms with Crippen LogP contribution in [0.15, 0.2) is 24.3 Å². The number of esters is 1. The first-order chi connectivity index (χ1) is 13.0. The van der Waals surface area contributed by atoms with Crippen LogP contribution in [-0.2, 0) is 26.8 Å². The Kier molecular flexibility index (Phi) is 6.48. The number of ether oxygens (including phenoxy) is 2. The molecule has 7 nitrogen and oxygen atoms in total. The molecule has 1 N–H and O–H groups in total. The molecule has 2 rings (SSSR count). The van der Waals surface area contributed by atoms with Gasteiger partial charge in [0.2, 0.25) is 0 Å². The van der Waals surface area contributed by atoms with Gasteiger partial charge < -0.3 is 14.8 Å². The summed E-state index contributed by atoms with van der Waals surface area (Å²) in [7, 11) is 1.80. The Morgan fingerprint density at radius 2 is 1.79 bits per heavy atom. The van der Waals surface area contributed by atoms with Crippen molar-refractivity contribution in [1.82, 2.24) is 9.78 Å². The number of nitrogens with one attached hydrogen (secondary N) is 1. The van der Waals surface area contributed by atoms with Crippen LogP contribution >= 0.6 is 0 Å². The van der Waals surface area contributed by atoms with E-state index in [9.17, 15) is 9.59 Å². The van der Waals surface area contributed by atoms with Gasteiger partial charge in [0.25, 0.3) is 5.91 Å². The summed E-state index contributed by atoms with van der Waals surface area (Å²) in [5.41, 5.74) is 3.38. The van der Waals surface area contributed by atoms with Crippen LogP contribution in [-0.4, -0.2) is 34.4 Å². The fourth-order valence-electron chi connectivity index (χ4n) is 2.66. The van der Waals surface area contributed by atoms with Crippen LogP contribution < -0.4 is 10.1 Å². The zero-order chi connectivity index (χ0) is 21.1. The van der Waals surface area contributed by atoms with Gasteiger partial charge >= 0.3 is 5.97 Å². The Bertz CT molecular complexity index is 848. The zero-order valence-corrected chi connectivity index (χ0v) is 17.6. The predicted octanol–water partition coefficient (Wildman–Crippen LogP) is 3.28. The Labute approximate surface area is 166 Å². The van der Waals surface area contributed by atoms with E-state index >= 15 is 0 Å². The lowest BCUT2D eigenvalue weighted by molar-refractivity contribution is -0.155. The Morgan fingerprint density at radius 1 is 1.18 bits per heavy atom. The lowest BCUT2D eigenvalue weighted by atomic mass is 9.87. The molecule has 0 bridgehead atoms. The first-order valence-corrected chi connectivity index (χ1v) is 9.23. The minimum atomic E-state index is -0.946. The molecule has 1 aromatic carbocycles. The van der Waals surface area contributed by atoms with E-state index in [1.165, 1.54) is 12.5 Å². The van der Waals surface area contributed by atoms with Gasteiger partial charge in [0.15, 0.2) is 12.7 Å². The maximum Gasteiger partial charge on any atom is 0.344 e. The zero-order valence-electron chi connectivity index (χ0n) is 17.6. The van der Waals surface area contributed by atoms with Crippen LogP contribution in [0.5, 0.6) is 5.75 Å². The van der Waals surface area contributed by atoms with Crippen LogP contribution in [0.2, 0.25) is 0 Å². The third-order valence-electron chi connectivity index (χ3n) is 4.51. The van der Waals surface area contributed by atoms with E-state index in [4.69, 9.17) is 9.47 Å². The molecule has 152 valence electrons. The number of carbonyl (C=O) groups is 2. The van der Waals surface area contributed by atoms with Crippen molar-refractivity contribution in [2.45, 2.75) is 53.1 Å². The second-order valence-electron chi connectivity index (χ2n) is 7.85. The molecule has 1 amide bonds. The highest BCUT2D eigenvalue weighted by atomic mass is 16.6. The molecular formula is C21H29N3O4. The van der Waals surface area contributed by atoms with Gasteiger partial charge in [-0.05, 0) is 43.9 Å². The molecule has 1 aromatic heterocycles. The van der Waals surface area contributed by atoms with E-state index < -0.39 is 18.0 Å². The number of amides is 1. The lowest BCUT2D eigenvalue weighted by Crippen LogP contribution is -2.32. The fourth-order valence-corrected chi connectivity index (χ4v) is 2.66. The fraction of sp³-hybridized carbons (Fsp3) is 0.476. The molecule has 0 saturated carbocycles. The number of hydrogen-bond acceptors (Lipinski definition) is 5. The number of nitrogens with zero attached hydrogens (tertiary/aromatic N) is 2. The van der Waals surface area contributed by atoms with Crippen LogP contribution in [0.4, 0.5) is 5.69 Å². The molecule has 0 radical (unpaired) electrons. The summed E-state index contributed by atoms with van der Waals surface area (Å²) in [5, 5.41) is 7.00. The molecule has 0 unspecified atom stereocenters. The monoisotopic (exact) mass is 387 g/mol. The van der Waals surface area contributed by atoms with Crippen LogP contribution in [0.3, 0.4) is 0 Å². The normalized spacial score (nSPS) is 12.4. The molecule has 0 aliphatic heterocycles. The van der Waals surface area contributed by atoms with Gasteiger partial charge in [0.05, 0.1) is 17.1 Å². The quantitative estimate of drug-likeness (QED) is 0.769. The van der Waals surface area contributed by atoms with E-state index in [2.05, 4.69) is 31.2 Å². The highest BCUT2D eigenvalue weighted by Gasteiger charge is 2.21. The van der Waals surface area contributed by atoms with Crippen molar-refractivity contribution >= 4 is 17.6 Å². The average Bonchev–Trinajstić information content (AvgIpc) is 2.85. The topological polar surface area (TPSA) is 82.5 Å². The second-order valence-corrected chi connectivity index (χ2v) is 7.85. The lowest BCUT2D eigenvalue weighted by Gasteiger charge is -2.19. The highest BCUT2D eigenvalue weighted by molar-refractivity contribution is 5.96. The van der Waals surface area contributed by atoms with Gasteiger partial charge in [-0.1, -0.05) is 32.9 Å². The highest BCUT2D eigenvalue weighted by Crippen LogP contribution is 2.24. The van der Waals surface area contributed by atoms with Crippen LogP contribution in [0.25, 0.3) is 0 Å². The largest absolute Gasteiger partial charge is 0.482 e. The van der Waals surface area contributed by atoms with E-state index in [1.54, 1.807) is 18.7 Å². The smallest absolute Gasteiger partial charge is 0.344 e. The molecule has 7 heteroatoms. The van der Waals surface area contributed by atoms with Crippen LogP contribution in [0.1, 0.15) is 44.6 Å². The number of carbonyl (C=O) groups excluding carboxylic acids is 2. The van der Waals surface area contributed by atoms with Crippen molar-refractivity contribution in [2.24, 2.45) is 7.05 Å². The number of hydrogen-bond donors (Lipinski definition) is 1. The first-order valence-electron chi connectivity index (χ1n) is 9.23. The Balaban J connectivity index is 1.85. The third kappa shape index (κ3) is 5.34. The van der Waals surface area contributed by atoms with Gasteiger partial charge in [0.1, 0.15) is 5.75 Å². The number of anilines is 1. The molecule has 1 atom stereocenters. The van der Waals surface area contributed by atoms with Crippen molar-refractivity contribution in [1.29, 1.82) is 0 Å². The molecule has 0 spiro atoms. The van der Waals surface area contributed by atoms with E-state index in [0.29, 0.717) is 17.1 Å². The third-order valence-corrected chi connectivity index (χ3v) is 4.51. The van der Waals surface area contributed by atoms with E-state index in [-0.39, 0.29) is 12.0 Å². The summed E-state index contributed by atoms with van der Waals surface area (Å²) in [5.74, 6) is -0.451. The summed E-state index contributed by atoms with van der Waals surface area (Å²) in [6.45, 7) is 11.3. The number of aryl methyl sites for hydroxylation is 2. The Morgan fingerprint density at radius 3 is 2.29 bits per heavy atom. The summed E-state index contributed by atoms with van der Waals surface area (Å²) < 4.78 is 12.3. The summed E-state index contributed by atoms with van der Waals surface area (Å²) in [6, 6.07) is 7.57. The minimum absolute atomic E-state index is 0.0469. The van der Waals surface area contributed by atoms with Crippen molar-refractivity contribution in [3.63, 3.8) is 0 Å². The SMILES string of the molecule is Cc1nn(C)c(C)c1NC(=O)[C@@H](C)OC(=O)COc1ccc(C(C)(C)C)cc1. The Hall–Kier alpha value is -2.83. The van der Waals surface area contributed by atoms with Gasteiger partial charge in [-0.3, -0.25) is 9.48 Å². The van der Waals surface area contributed by atoms with Crippen molar-refractivity contribution in [2.75, 3.05) is 11.9 Å². The molecule has 2 aromatic rings. The number of rotatable bonds is 6. The number of benzene rings is 1. The molecule has 1 heterocycles. The molecule has 0 aliphatic carbocycles. The molecule has 0 aliphatic rings. The summed E-state index contributed by atoms with van der Waals surface area (Å²) in [6.07, 6.45) is -0.946. The first kappa shape index (κ1) is 21.5.